The second kappa shape index (κ2) is 4.41. The first-order chi connectivity index (χ1) is 5.64. The van der Waals surface area contributed by atoms with Crippen molar-refractivity contribution in [1.82, 2.24) is 0 Å². The highest BCUT2D eigenvalue weighted by atomic mass is 35.6. The van der Waals surface area contributed by atoms with Crippen LogP contribution < -0.4 is 0 Å². The van der Waals surface area contributed by atoms with Crippen LogP contribution in [0, 0.1) is 0 Å². The van der Waals surface area contributed by atoms with Gasteiger partial charge in [-0.2, -0.15) is 0 Å². The molecule has 0 fully saturated rings. The van der Waals surface area contributed by atoms with Gasteiger partial charge in [0, 0.05) is 0 Å². The van der Waals surface area contributed by atoms with Gasteiger partial charge < -0.3 is 4.74 Å². The normalized spacial score (nSPS) is 12.5. The molecule has 0 aliphatic rings. The van der Waals surface area contributed by atoms with Crippen molar-refractivity contribution in [2.24, 2.45) is 0 Å². The van der Waals surface area contributed by atoms with Crippen molar-refractivity contribution in [3.8, 4) is 0 Å². The first-order valence-electron chi connectivity index (χ1n) is 2.72. The average molecular weight is 288 g/mol. The van der Waals surface area contributed by atoms with Crippen LogP contribution >= 0.6 is 58.0 Å². The van der Waals surface area contributed by atoms with Gasteiger partial charge in [-0.15, -0.1) is 0 Å². The van der Waals surface area contributed by atoms with Crippen LogP contribution in [0.25, 0.3) is 0 Å². The number of carbonyl (C=O) groups is 2. The Morgan fingerprint density at radius 3 is 1.69 bits per heavy atom. The minimum Gasteiger partial charge on any atom is -0.466 e. The zero-order valence-electron chi connectivity index (χ0n) is 6.11. The van der Waals surface area contributed by atoms with Crippen LogP contribution in [0.2, 0.25) is 0 Å². The minimum atomic E-state index is -2.50. The van der Waals surface area contributed by atoms with E-state index in [4.69, 9.17) is 58.0 Å². The summed E-state index contributed by atoms with van der Waals surface area (Å²) in [5.74, 6) is -2.48. The number of hydrogen-bond donors (Lipinski definition) is 0. The van der Waals surface area contributed by atoms with Crippen molar-refractivity contribution in [3.05, 3.63) is 0 Å². The molecule has 0 aromatic rings. The maximum absolute atomic E-state index is 11.1. The molecule has 0 atom stereocenters. The van der Waals surface area contributed by atoms with Crippen LogP contribution in [0.15, 0.2) is 0 Å². The van der Waals surface area contributed by atoms with E-state index in [9.17, 15) is 9.59 Å². The molecule has 0 saturated carbocycles. The quantitative estimate of drug-likeness (QED) is 0.445. The molecule has 0 heterocycles. The van der Waals surface area contributed by atoms with Crippen LogP contribution in [0.5, 0.6) is 0 Å². The lowest BCUT2D eigenvalue weighted by molar-refractivity contribution is -0.144. The Hall–Kier alpha value is 0.590. The molecule has 0 N–H and O–H groups in total. The molecule has 0 unspecified atom stereocenters. The number of ether oxygens (including phenoxy) is 1. The highest BCUT2D eigenvalue weighted by molar-refractivity contribution is 6.83. The number of hydrogen-bond acceptors (Lipinski definition) is 3. The van der Waals surface area contributed by atoms with E-state index in [1.807, 2.05) is 0 Å². The molecule has 0 rings (SSSR count). The van der Waals surface area contributed by atoms with Crippen molar-refractivity contribution in [2.45, 2.75) is 8.13 Å². The molecule has 0 aliphatic heterocycles. The second-order valence-electron chi connectivity index (χ2n) is 1.89. The number of halogens is 5. The van der Waals surface area contributed by atoms with Crippen molar-refractivity contribution in [2.75, 3.05) is 7.11 Å². The molecule has 0 radical (unpaired) electrons. The van der Waals surface area contributed by atoms with E-state index in [-0.39, 0.29) is 0 Å². The van der Waals surface area contributed by atoms with Gasteiger partial charge >= 0.3 is 5.97 Å². The summed E-state index contributed by atoms with van der Waals surface area (Å²) in [7, 11) is 0.994. The Balaban J connectivity index is 4.85. The van der Waals surface area contributed by atoms with Crippen LogP contribution in [-0.4, -0.2) is 27.0 Å². The van der Waals surface area contributed by atoms with Gasteiger partial charge in [-0.1, -0.05) is 58.0 Å². The molecule has 0 amide bonds. The molecule has 13 heavy (non-hydrogen) atoms. The molecular weight excluding hydrogens is 285 g/mol. The van der Waals surface area contributed by atoms with Gasteiger partial charge in [0.05, 0.1) is 7.11 Å². The number of ketones is 1. The topological polar surface area (TPSA) is 43.4 Å². The van der Waals surface area contributed by atoms with Gasteiger partial charge in [-0.3, -0.25) is 4.79 Å². The molecule has 8 heteroatoms. The van der Waals surface area contributed by atoms with E-state index in [1.165, 1.54) is 0 Å². The lowest BCUT2D eigenvalue weighted by Gasteiger charge is -2.19. The lowest BCUT2D eigenvalue weighted by Crippen LogP contribution is -2.43. The fourth-order valence-corrected chi connectivity index (χ4v) is 1.55. The molecule has 0 spiro atoms. The molecule has 0 bridgehead atoms. The minimum absolute atomic E-state index is 0.994. The van der Waals surface area contributed by atoms with Gasteiger partial charge in [-0.25, -0.2) is 4.79 Å². The monoisotopic (exact) mass is 286 g/mol. The van der Waals surface area contributed by atoms with E-state index in [0.29, 0.717) is 0 Å². The first kappa shape index (κ1) is 13.6. The smallest absolute Gasteiger partial charge is 0.350 e. The molecule has 0 aromatic heterocycles. The number of rotatable bonds is 2. The molecule has 0 saturated heterocycles. The number of esters is 1. The van der Waals surface area contributed by atoms with E-state index < -0.39 is 19.9 Å². The van der Waals surface area contributed by atoms with Crippen molar-refractivity contribution < 1.29 is 14.3 Å². The average Bonchev–Trinajstić information content (AvgIpc) is 1.99. The number of alkyl halides is 5. The predicted molar refractivity (Wildman–Crippen MR) is 51.8 cm³/mol. The number of methoxy groups -OCH3 is 1. The predicted octanol–water partition coefficient (Wildman–Crippen LogP) is 2.27. The van der Waals surface area contributed by atoms with Gasteiger partial charge in [-0.05, 0) is 0 Å². The summed E-state index contributed by atoms with van der Waals surface area (Å²) in [6, 6.07) is 0. The Morgan fingerprint density at radius 2 is 1.46 bits per heavy atom. The fourth-order valence-electron chi connectivity index (χ4n) is 0.399. The third-order valence-corrected chi connectivity index (χ3v) is 2.15. The summed E-state index contributed by atoms with van der Waals surface area (Å²) in [6.07, 6.45) is 0. The molecule has 0 aliphatic carbocycles. The fraction of sp³-hybridized carbons (Fsp3) is 0.600. The van der Waals surface area contributed by atoms with Gasteiger partial charge in [0.15, 0.2) is 0 Å². The molecule has 0 aromatic carbocycles. The van der Waals surface area contributed by atoms with Gasteiger partial charge in [0.25, 0.3) is 8.13 Å². The summed E-state index contributed by atoms with van der Waals surface area (Å²) in [5, 5.41) is 0. The van der Waals surface area contributed by atoms with Crippen molar-refractivity contribution >= 4 is 69.8 Å². The Bertz CT molecular complexity index is 231. The summed E-state index contributed by atoms with van der Waals surface area (Å²) in [4.78, 5) is 22.0. The molecule has 3 nitrogen and oxygen atoms in total. The zero-order valence-corrected chi connectivity index (χ0v) is 9.89. The third-order valence-electron chi connectivity index (χ3n) is 0.984. The van der Waals surface area contributed by atoms with Crippen LogP contribution in [0.1, 0.15) is 0 Å². The largest absolute Gasteiger partial charge is 0.466 e. The van der Waals surface area contributed by atoms with Crippen molar-refractivity contribution in [3.63, 3.8) is 0 Å². The summed E-state index contributed by atoms with van der Waals surface area (Å²) in [6.45, 7) is 0. The van der Waals surface area contributed by atoms with Crippen LogP contribution in [0.4, 0.5) is 0 Å². The van der Waals surface area contributed by atoms with Crippen LogP contribution in [0.3, 0.4) is 0 Å². The van der Waals surface area contributed by atoms with E-state index in [1.54, 1.807) is 0 Å². The maximum Gasteiger partial charge on any atom is 0.350 e. The SMILES string of the molecule is COC(=O)C(Cl)(Cl)C(=O)C(Cl)(Cl)Cl. The Labute approximate surface area is 99.2 Å². The lowest BCUT2D eigenvalue weighted by atomic mass is 10.3. The summed E-state index contributed by atoms with van der Waals surface area (Å²) >= 11 is 26.1. The Morgan fingerprint density at radius 1 is 1.08 bits per heavy atom. The molecular formula is C5H3Cl5O3. The molecule has 76 valence electrons. The van der Waals surface area contributed by atoms with Gasteiger partial charge in [0.2, 0.25) is 5.78 Å². The Kier molecular flexibility index (Phi) is 4.61. The number of carbonyl (C=O) groups excluding carboxylic acids is 2. The maximum atomic E-state index is 11.1. The van der Waals surface area contributed by atoms with E-state index in [0.717, 1.165) is 7.11 Å². The van der Waals surface area contributed by atoms with Gasteiger partial charge in [0.1, 0.15) is 0 Å². The summed E-state index contributed by atoms with van der Waals surface area (Å²) < 4.78 is -0.732. The van der Waals surface area contributed by atoms with Crippen LogP contribution in [-0.2, 0) is 14.3 Å². The zero-order chi connectivity index (χ0) is 10.9. The summed E-state index contributed by atoms with van der Waals surface area (Å²) in [5.41, 5.74) is 0. The first-order valence-corrected chi connectivity index (χ1v) is 4.61. The second-order valence-corrected chi connectivity index (χ2v) is 5.50. The third kappa shape index (κ3) is 3.33. The number of Topliss-reactive ketones (excluding diaryl/α,β-unsaturated/α-hetero) is 1. The highest BCUT2D eigenvalue weighted by Crippen LogP contribution is 2.37. The highest BCUT2D eigenvalue weighted by Gasteiger charge is 2.52. The van der Waals surface area contributed by atoms with E-state index >= 15 is 0 Å². The van der Waals surface area contributed by atoms with E-state index in [2.05, 4.69) is 4.74 Å². The standard InChI is InChI=1S/C5H3Cl5O3/c1-13-3(12)4(6,7)2(11)5(8,9)10/h1H3. The van der Waals surface area contributed by atoms with Crippen molar-refractivity contribution in [1.29, 1.82) is 0 Å².